The van der Waals surface area contributed by atoms with E-state index < -0.39 is 0 Å². The molecular formula is C27H29N3O4. The van der Waals surface area contributed by atoms with Crippen molar-refractivity contribution in [2.24, 2.45) is 0 Å². The van der Waals surface area contributed by atoms with Gasteiger partial charge in [0.25, 0.3) is 0 Å². The zero-order chi connectivity index (χ0) is 23.9. The van der Waals surface area contributed by atoms with E-state index in [0.717, 1.165) is 28.2 Å². The number of hydrogen-bond donors (Lipinski definition) is 1. The Morgan fingerprint density at radius 2 is 1.82 bits per heavy atom. The molecular weight excluding hydrogens is 430 g/mol. The molecule has 0 radical (unpaired) electrons. The molecule has 2 heterocycles. The molecule has 4 aromatic rings. The van der Waals surface area contributed by atoms with Crippen LogP contribution in [-0.4, -0.2) is 43.2 Å². The van der Waals surface area contributed by atoms with Gasteiger partial charge in [-0.15, -0.1) is 0 Å². The molecule has 7 heteroatoms. The maximum absolute atomic E-state index is 13.0. The van der Waals surface area contributed by atoms with Crippen LogP contribution < -0.4 is 19.5 Å². The number of ether oxygens (including phenoxy) is 3. The molecule has 1 atom stereocenters. The highest BCUT2D eigenvalue weighted by molar-refractivity contribution is 5.77. The third-order valence-corrected chi connectivity index (χ3v) is 5.87. The highest BCUT2D eigenvalue weighted by Gasteiger charge is 2.22. The number of aromatic nitrogens is 2. The van der Waals surface area contributed by atoms with Gasteiger partial charge in [0.15, 0.2) is 11.5 Å². The first-order chi connectivity index (χ1) is 16.6. The summed E-state index contributed by atoms with van der Waals surface area (Å²) < 4.78 is 18.1. The number of rotatable bonds is 10. The van der Waals surface area contributed by atoms with Crippen molar-refractivity contribution in [3.63, 3.8) is 0 Å². The Balaban J connectivity index is 1.49. The molecule has 176 valence electrons. The zero-order valence-corrected chi connectivity index (χ0v) is 19.7. The fraction of sp³-hybridized carbons (Fsp3) is 0.259. The molecule has 0 aliphatic carbocycles. The van der Waals surface area contributed by atoms with Crippen LogP contribution in [-0.2, 0) is 11.2 Å². The highest BCUT2D eigenvalue weighted by atomic mass is 16.5. The van der Waals surface area contributed by atoms with Gasteiger partial charge in [-0.05, 0) is 53.9 Å². The van der Waals surface area contributed by atoms with E-state index in [1.165, 1.54) is 0 Å². The van der Waals surface area contributed by atoms with Gasteiger partial charge in [0, 0.05) is 31.3 Å². The van der Waals surface area contributed by atoms with E-state index in [0.29, 0.717) is 30.9 Å². The molecule has 0 aliphatic heterocycles. The monoisotopic (exact) mass is 459 g/mol. The molecule has 34 heavy (non-hydrogen) atoms. The third kappa shape index (κ3) is 5.14. The molecule has 1 amide bonds. The number of nitrogens with zero attached hydrogens (tertiary/aromatic N) is 2. The normalized spacial score (nSPS) is 11.7. The summed E-state index contributed by atoms with van der Waals surface area (Å²) in [5.74, 6) is 1.92. The van der Waals surface area contributed by atoms with Gasteiger partial charge in [0.1, 0.15) is 11.4 Å². The minimum Gasteiger partial charge on any atom is -0.497 e. The van der Waals surface area contributed by atoms with E-state index in [-0.39, 0.29) is 11.8 Å². The average Bonchev–Trinajstić information content (AvgIpc) is 3.31. The number of nitrogens with one attached hydrogen (secondary N) is 1. The van der Waals surface area contributed by atoms with Crippen LogP contribution in [0.4, 0.5) is 0 Å². The predicted octanol–water partition coefficient (Wildman–Crippen LogP) is 4.24. The standard InChI is InChI=1S/C27H29N3O4/c1-32-21-8-6-7-20(16-21)22(23-18-29-26-9-4-5-14-30(23)26)17-27(31)28-13-12-19-10-11-24(33-2)25(15-19)34-3/h4-11,14-16,18,22H,12-13,17H2,1-3H3,(H,28,31). The van der Waals surface area contributed by atoms with Gasteiger partial charge in [0.05, 0.1) is 27.0 Å². The van der Waals surface area contributed by atoms with E-state index in [4.69, 9.17) is 14.2 Å². The quantitative estimate of drug-likeness (QED) is 0.384. The average molecular weight is 460 g/mol. The second-order valence-corrected chi connectivity index (χ2v) is 7.93. The summed E-state index contributed by atoms with van der Waals surface area (Å²) in [6.45, 7) is 0.520. The van der Waals surface area contributed by atoms with Crippen LogP contribution in [0, 0.1) is 0 Å². The highest BCUT2D eigenvalue weighted by Crippen LogP contribution is 2.31. The Morgan fingerprint density at radius 1 is 0.971 bits per heavy atom. The molecule has 2 aromatic carbocycles. The van der Waals surface area contributed by atoms with Gasteiger partial charge in [-0.3, -0.25) is 4.79 Å². The SMILES string of the molecule is COc1cccc(C(CC(=O)NCCc2ccc(OC)c(OC)c2)c2cnc3ccccn23)c1. The lowest BCUT2D eigenvalue weighted by atomic mass is 9.92. The first kappa shape index (κ1) is 23.2. The summed E-state index contributed by atoms with van der Waals surface area (Å²) in [7, 11) is 4.87. The van der Waals surface area contributed by atoms with Crippen molar-refractivity contribution in [3.8, 4) is 17.2 Å². The van der Waals surface area contributed by atoms with Gasteiger partial charge in [-0.2, -0.15) is 0 Å². The zero-order valence-electron chi connectivity index (χ0n) is 19.7. The van der Waals surface area contributed by atoms with E-state index in [1.807, 2.05) is 77.5 Å². The van der Waals surface area contributed by atoms with Crippen molar-refractivity contribution in [3.05, 3.63) is 89.9 Å². The summed E-state index contributed by atoms with van der Waals surface area (Å²) in [5.41, 5.74) is 3.86. The van der Waals surface area contributed by atoms with Crippen molar-refractivity contribution in [1.82, 2.24) is 14.7 Å². The number of carbonyl (C=O) groups excluding carboxylic acids is 1. The van der Waals surface area contributed by atoms with Crippen LogP contribution in [0.15, 0.2) is 73.1 Å². The molecule has 4 rings (SSSR count). The van der Waals surface area contributed by atoms with Crippen molar-refractivity contribution in [2.45, 2.75) is 18.8 Å². The Bertz CT molecular complexity index is 1270. The van der Waals surface area contributed by atoms with E-state index in [9.17, 15) is 4.79 Å². The summed E-state index contributed by atoms with van der Waals surface area (Å²) >= 11 is 0. The molecule has 1 N–H and O–H groups in total. The van der Waals surface area contributed by atoms with Crippen molar-refractivity contribution in [2.75, 3.05) is 27.9 Å². The fourth-order valence-electron chi connectivity index (χ4n) is 4.10. The minimum atomic E-state index is -0.173. The molecule has 2 aromatic heterocycles. The maximum Gasteiger partial charge on any atom is 0.221 e. The van der Waals surface area contributed by atoms with Crippen molar-refractivity contribution in [1.29, 1.82) is 0 Å². The van der Waals surface area contributed by atoms with Gasteiger partial charge in [0.2, 0.25) is 5.91 Å². The van der Waals surface area contributed by atoms with Crippen molar-refractivity contribution < 1.29 is 19.0 Å². The van der Waals surface area contributed by atoms with Crippen LogP contribution in [0.25, 0.3) is 5.65 Å². The first-order valence-electron chi connectivity index (χ1n) is 11.2. The van der Waals surface area contributed by atoms with E-state index in [1.54, 1.807) is 21.3 Å². The number of imidazole rings is 1. The number of pyridine rings is 1. The maximum atomic E-state index is 13.0. The van der Waals surface area contributed by atoms with Crippen LogP contribution >= 0.6 is 0 Å². The van der Waals surface area contributed by atoms with E-state index in [2.05, 4.69) is 10.3 Å². The molecule has 0 fully saturated rings. The molecule has 7 nitrogen and oxygen atoms in total. The third-order valence-electron chi connectivity index (χ3n) is 5.87. The lowest BCUT2D eigenvalue weighted by Gasteiger charge is -2.18. The largest absolute Gasteiger partial charge is 0.497 e. The molecule has 0 saturated heterocycles. The Labute approximate surface area is 199 Å². The molecule has 0 aliphatic rings. The summed E-state index contributed by atoms with van der Waals surface area (Å²) in [6, 6.07) is 19.5. The summed E-state index contributed by atoms with van der Waals surface area (Å²) in [4.78, 5) is 17.5. The van der Waals surface area contributed by atoms with Crippen LogP contribution in [0.5, 0.6) is 17.2 Å². The minimum absolute atomic E-state index is 0.0285. The number of amides is 1. The fourth-order valence-corrected chi connectivity index (χ4v) is 4.10. The smallest absolute Gasteiger partial charge is 0.221 e. The topological polar surface area (TPSA) is 74.1 Å². The number of hydrogen-bond acceptors (Lipinski definition) is 5. The lowest BCUT2D eigenvalue weighted by Crippen LogP contribution is -2.27. The number of benzene rings is 2. The molecule has 0 bridgehead atoms. The second-order valence-electron chi connectivity index (χ2n) is 7.93. The summed E-state index contributed by atoms with van der Waals surface area (Å²) in [5, 5.41) is 3.06. The van der Waals surface area contributed by atoms with Crippen LogP contribution in [0.2, 0.25) is 0 Å². The van der Waals surface area contributed by atoms with Crippen LogP contribution in [0.3, 0.4) is 0 Å². The van der Waals surface area contributed by atoms with Gasteiger partial charge in [-0.25, -0.2) is 4.98 Å². The molecule has 0 saturated carbocycles. The number of carbonyl (C=O) groups is 1. The second kappa shape index (κ2) is 10.7. The number of fused-ring (bicyclic) bond motifs is 1. The van der Waals surface area contributed by atoms with Gasteiger partial charge in [-0.1, -0.05) is 24.3 Å². The van der Waals surface area contributed by atoms with Gasteiger partial charge < -0.3 is 23.9 Å². The Kier molecular flexibility index (Phi) is 7.32. The van der Waals surface area contributed by atoms with E-state index >= 15 is 0 Å². The number of methoxy groups -OCH3 is 3. The Hall–Kier alpha value is -4.00. The molecule has 1 unspecified atom stereocenters. The molecule has 0 spiro atoms. The predicted molar refractivity (Wildman–Crippen MR) is 131 cm³/mol. The summed E-state index contributed by atoms with van der Waals surface area (Å²) in [6.07, 6.45) is 4.80. The Morgan fingerprint density at radius 3 is 2.62 bits per heavy atom. The lowest BCUT2D eigenvalue weighted by molar-refractivity contribution is -0.121. The first-order valence-corrected chi connectivity index (χ1v) is 11.2. The van der Waals surface area contributed by atoms with Gasteiger partial charge >= 0.3 is 0 Å². The van der Waals surface area contributed by atoms with Crippen LogP contribution in [0.1, 0.15) is 29.2 Å². The van der Waals surface area contributed by atoms with Crippen molar-refractivity contribution >= 4 is 11.6 Å².